The highest BCUT2D eigenvalue weighted by molar-refractivity contribution is 5.69. The molecule has 3 aliphatic rings. The zero-order chi connectivity index (χ0) is 20.8. The first-order valence-electron chi connectivity index (χ1n) is 10.7. The number of piperidine rings is 1. The Balaban J connectivity index is 1.17. The number of benzene rings is 1. The van der Waals surface area contributed by atoms with E-state index in [0.29, 0.717) is 38.3 Å². The normalized spacial score (nSPS) is 22.9. The molecule has 8 heteroatoms. The molecule has 0 amide bonds. The quantitative estimate of drug-likeness (QED) is 0.699. The minimum absolute atomic E-state index is 0.0839. The first kappa shape index (κ1) is 18.8. The van der Waals surface area contributed by atoms with Crippen molar-refractivity contribution >= 4 is 5.69 Å². The van der Waals surface area contributed by atoms with Gasteiger partial charge in [0.2, 0.25) is 5.88 Å². The van der Waals surface area contributed by atoms with E-state index in [4.69, 9.17) is 14.6 Å². The summed E-state index contributed by atoms with van der Waals surface area (Å²) in [6.45, 7) is 3.09. The molecule has 3 aliphatic heterocycles. The highest BCUT2D eigenvalue weighted by Gasteiger charge is 2.32. The summed E-state index contributed by atoms with van der Waals surface area (Å²) in [6, 6.07) is 12.2. The number of ether oxygens (including phenoxy) is 2. The Morgan fingerprint density at radius 3 is 2.71 bits per heavy atom. The van der Waals surface area contributed by atoms with E-state index < -0.39 is 6.17 Å². The van der Waals surface area contributed by atoms with Crippen LogP contribution in [-0.4, -0.2) is 59.3 Å². The summed E-state index contributed by atoms with van der Waals surface area (Å²) >= 11 is 0. The molecule has 0 saturated carbocycles. The molecule has 1 N–H and O–H groups in total. The molecular weight excluding hydrogens is 397 g/mol. The van der Waals surface area contributed by atoms with Gasteiger partial charge in [-0.05, 0) is 42.8 Å². The van der Waals surface area contributed by atoms with Crippen LogP contribution in [0, 0.1) is 0 Å². The van der Waals surface area contributed by atoms with Gasteiger partial charge in [-0.3, -0.25) is 0 Å². The third kappa shape index (κ3) is 3.45. The van der Waals surface area contributed by atoms with Crippen LogP contribution in [0.2, 0.25) is 0 Å². The second kappa shape index (κ2) is 7.62. The van der Waals surface area contributed by atoms with Crippen LogP contribution in [0.1, 0.15) is 12.0 Å². The van der Waals surface area contributed by atoms with Crippen LogP contribution in [0.3, 0.4) is 0 Å². The molecular formula is C23H24FN5O2. The number of nitrogens with one attached hydrogen (secondary N) is 1. The van der Waals surface area contributed by atoms with Crippen molar-refractivity contribution in [1.29, 1.82) is 0 Å². The summed E-state index contributed by atoms with van der Waals surface area (Å²) < 4.78 is 27.5. The summed E-state index contributed by atoms with van der Waals surface area (Å²) in [6.07, 6.45) is 3.63. The van der Waals surface area contributed by atoms with Crippen molar-refractivity contribution in [3.8, 4) is 22.8 Å². The molecule has 31 heavy (non-hydrogen) atoms. The molecule has 2 atom stereocenters. The smallest absolute Gasteiger partial charge is 0.223 e. The second-order valence-corrected chi connectivity index (χ2v) is 8.37. The predicted octanol–water partition coefficient (Wildman–Crippen LogP) is 2.73. The maximum atomic E-state index is 14.7. The number of rotatable bonds is 4. The van der Waals surface area contributed by atoms with Gasteiger partial charge in [-0.25, -0.2) is 14.1 Å². The van der Waals surface area contributed by atoms with E-state index in [1.807, 2.05) is 47.3 Å². The van der Waals surface area contributed by atoms with Gasteiger partial charge in [-0.2, -0.15) is 5.10 Å². The van der Waals surface area contributed by atoms with Crippen molar-refractivity contribution in [3.05, 3.63) is 54.4 Å². The molecule has 0 spiro atoms. The molecule has 2 saturated heterocycles. The van der Waals surface area contributed by atoms with Gasteiger partial charge in [0.15, 0.2) is 0 Å². The lowest BCUT2D eigenvalue weighted by atomic mass is 10.0. The fourth-order valence-corrected chi connectivity index (χ4v) is 4.48. The lowest BCUT2D eigenvalue weighted by molar-refractivity contribution is -0.0159. The molecule has 2 unspecified atom stereocenters. The number of fused-ring (bicyclic) bond motifs is 3. The van der Waals surface area contributed by atoms with Gasteiger partial charge in [0.25, 0.3) is 0 Å². The van der Waals surface area contributed by atoms with Crippen LogP contribution < -0.4 is 15.0 Å². The van der Waals surface area contributed by atoms with E-state index in [9.17, 15) is 4.39 Å². The van der Waals surface area contributed by atoms with E-state index >= 15 is 0 Å². The van der Waals surface area contributed by atoms with Crippen molar-refractivity contribution in [1.82, 2.24) is 20.1 Å². The number of anilines is 1. The maximum absolute atomic E-state index is 14.7. The van der Waals surface area contributed by atoms with Crippen molar-refractivity contribution in [2.45, 2.75) is 31.3 Å². The van der Waals surface area contributed by atoms with Crippen molar-refractivity contribution in [2.24, 2.45) is 0 Å². The summed E-state index contributed by atoms with van der Waals surface area (Å²) in [4.78, 5) is 6.40. The van der Waals surface area contributed by atoms with E-state index in [0.717, 1.165) is 41.2 Å². The Morgan fingerprint density at radius 1 is 1.10 bits per heavy atom. The average Bonchev–Trinajstić information content (AvgIpc) is 3.22. The number of alkyl halides is 1. The Bertz CT molecular complexity index is 1080. The van der Waals surface area contributed by atoms with Crippen LogP contribution in [-0.2, 0) is 11.3 Å². The Labute approximate surface area is 179 Å². The Kier molecular flexibility index (Phi) is 4.61. The summed E-state index contributed by atoms with van der Waals surface area (Å²) in [7, 11) is 0. The topological polar surface area (TPSA) is 64.4 Å². The number of nitrogens with zero attached hydrogens (tertiary/aromatic N) is 4. The molecule has 6 rings (SSSR count). The molecule has 0 bridgehead atoms. The minimum Gasteiger partial charge on any atom is -0.472 e. The van der Waals surface area contributed by atoms with Gasteiger partial charge in [0.1, 0.15) is 18.5 Å². The number of halogens is 1. The van der Waals surface area contributed by atoms with Gasteiger partial charge >= 0.3 is 0 Å². The molecule has 0 radical (unpaired) electrons. The first-order chi connectivity index (χ1) is 15.2. The largest absolute Gasteiger partial charge is 0.472 e. The zero-order valence-corrected chi connectivity index (χ0v) is 17.1. The third-order valence-electron chi connectivity index (χ3n) is 6.29. The van der Waals surface area contributed by atoms with Crippen molar-refractivity contribution in [2.75, 3.05) is 31.2 Å². The number of hydrogen-bond donors (Lipinski definition) is 1. The summed E-state index contributed by atoms with van der Waals surface area (Å²) in [5, 5.41) is 8.16. The maximum Gasteiger partial charge on any atom is 0.223 e. The number of aromatic nitrogens is 3. The van der Waals surface area contributed by atoms with Crippen molar-refractivity contribution < 1.29 is 13.9 Å². The molecule has 5 heterocycles. The zero-order valence-electron chi connectivity index (χ0n) is 17.1. The molecule has 2 fully saturated rings. The third-order valence-corrected chi connectivity index (χ3v) is 6.29. The Morgan fingerprint density at radius 2 is 1.94 bits per heavy atom. The van der Waals surface area contributed by atoms with Crippen LogP contribution in [0.15, 0.2) is 48.8 Å². The summed E-state index contributed by atoms with van der Waals surface area (Å²) in [5.74, 6) is 0.624. The molecule has 160 valence electrons. The van der Waals surface area contributed by atoms with Gasteiger partial charge in [0.05, 0.1) is 37.1 Å². The van der Waals surface area contributed by atoms with E-state index in [-0.39, 0.29) is 6.04 Å². The van der Waals surface area contributed by atoms with Crippen LogP contribution in [0.5, 0.6) is 5.88 Å². The number of hydrogen-bond acceptors (Lipinski definition) is 6. The lowest BCUT2D eigenvalue weighted by Gasteiger charge is -2.39. The fourth-order valence-electron chi connectivity index (χ4n) is 4.48. The highest BCUT2D eigenvalue weighted by Crippen LogP contribution is 2.35. The fraction of sp³-hybridized carbons (Fsp3) is 0.391. The minimum atomic E-state index is -0.888. The van der Waals surface area contributed by atoms with E-state index in [2.05, 4.69) is 15.2 Å². The molecule has 1 aromatic carbocycles. The lowest BCUT2D eigenvalue weighted by Crippen LogP contribution is -2.58. The van der Waals surface area contributed by atoms with Crippen molar-refractivity contribution in [3.63, 3.8) is 0 Å². The van der Waals surface area contributed by atoms with E-state index in [1.54, 1.807) is 6.20 Å². The highest BCUT2D eigenvalue weighted by atomic mass is 19.1. The average molecular weight is 421 g/mol. The van der Waals surface area contributed by atoms with Crippen LogP contribution >= 0.6 is 0 Å². The number of pyridine rings is 1. The van der Waals surface area contributed by atoms with E-state index in [1.165, 1.54) is 0 Å². The summed E-state index contributed by atoms with van der Waals surface area (Å²) in [5.41, 5.74) is 4.85. The van der Waals surface area contributed by atoms with Gasteiger partial charge in [0, 0.05) is 36.2 Å². The Hall–Kier alpha value is -2.97. The predicted molar refractivity (Wildman–Crippen MR) is 114 cm³/mol. The standard InChI is InChI=1S/C23H24FN5O2/c24-20-11-28(9-7-21(20)26-16-13-30-14-16)17-3-5-18(6-4-17)29-10-15-12-31-23-19(22(15)27-29)2-1-8-25-23/h1-6,8,10,16,20-21,26H,7,9,11-14H2. The second-order valence-electron chi connectivity index (χ2n) is 8.37. The SMILES string of the molecule is FC1CN(c2ccc(-n3cc4c(n3)-c3cccnc3OC4)cc2)CCC1NC1COC1. The van der Waals surface area contributed by atoms with Gasteiger partial charge < -0.3 is 19.7 Å². The molecule has 3 aromatic rings. The van der Waals surface area contributed by atoms with Crippen LogP contribution in [0.25, 0.3) is 16.9 Å². The first-order valence-corrected chi connectivity index (χ1v) is 10.7. The molecule has 7 nitrogen and oxygen atoms in total. The molecule has 0 aliphatic carbocycles. The van der Waals surface area contributed by atoms with Crippen LogP contribution in [0.4, 0.5) is 10.1 Å². The molecule has 2 aromatic heterocycles. The van der Waals surface area contributed by atoms with Gasteiger partial charge in [-0.1, -0.05) is 0 Å². The van der Waals surface area contributed by atoms with Gasteiger partial charge in [-0.15, -0.1) is 0 Å². The monoisotopic (exact) mass is 421 g/mol.